The molecular formula is C11H14O5S. The van der Waals surface area contributed by atoms with E-state index in [4.69, 9.17) is 9.84 Å². The van der Waals surface area contributed by atoms with E-state index in [2.05, 4.69) is 0 Å². The van der Waals surface area contributed by atoms with Crippen LogP contribution >= 0.6 is 0 Å². The first-order valence-corrected chi connectivity index (χ1v) is 6.94. The van der Waals surface area contributed by atoms with Gasteiger partial charge in [-0.1, -0.05) is 18.2 Å². The van der Waals surface area contributed by atoms with Gasteiger partial charge in [0, 0.05) is 11.8 Å². The number of sulfone groups is 1. The summed E-state index contributed by atoms with van der Waals surface area (Å²) in [5.74, 6) is -2.35. The van der Waals surface area contributed by atoms with Crippen molar-refractivity contribution in [3.63, 3.8) is 0 Å². The van der Waals surface area contributed by atoms with Crippen LogP contribution < -0.4 is 4.74 Å². The molecule has 0 radical (unpaired) electrons. The molecule has 0 amide bonds. The van der Waals surface area contributed by atoms with Crippen molar-refractivity contribution >= 4 is 15.8 Å². The van der Waals surface area contributed by atoms with Gasteiger partial charge in [0.15, 0.2) is 0 Å². The Labute approximate surface area is 100.0 Å². The van der Waals surface area contributed by atoms with Crippen LogP contribution in [0.4, 0.5) is 0 Å². The van der Waals surface area contributed by atoms with Gasteiger partial charge in [0.05, 0.1) is 18.8 Å². The number of para-hydroxylation sites is 1. The van der Waals surface area contributed by atoms with Crippen molar-refractivity contribution in [2.75, 3.05) is 19.1 Å². The molecule has 17 heavy (non-hydrogen) atoms. The molecule has 0 aliphatic heterocycles. The normalized spacial score (nSPS) is 13.1. The Hall–Kier alpha value is -1.56. The zero-order chi connectivity index (χ0) is 13.1. The summed E-state index contributed by atoms with van der Waals surface area (Å²) in [5, 5.41) is 9.09. The van der Waals surface area contributed by atoms with Gasteiger partial charge in [-0.3, -0.25) is 4.79 Å². The molecule has 0 saturated heterocycles. The van der Waals surface area contributed by atoms with E-state index in [0.29, 0.717) is 11.3 Å². The Kier molecular flexibility index (Phi) is 4.11. The summed E-state index contributed by atoms with van der Waals surface area (Å²) in [5.41, 5.74) is 0.368. The second-order valence-electron chi connectivity index (χ2n) is 3.73. The number of ether oxygens (including phenoxy) is 1. The summed E-state index contributed by atoms with van der Waals surface area (Å²) in [7, 11) is -1.96. The van der Waals surface area contributed by atoms with Gasteiger partial charge in [0.2, 0.25) is 0 Å². The summed E-state index contributed by atoms with van der Waals surface area (Å²) in [4.78, 5) is 11.1. The minimum Gasteiger partial charge on any atom is -0.496 e. The number of carboxylic acids is 1. The smallest absolute Gasteiger partial charge is 0.312 e. The van der Waals surface area contributed by atoms with E-state index in [9.17, 15) is 13.2 Å². The quantitative estimate of drug-likeness (QED) is 0.849. The van der Waals surface area contributed by atoms with E-state index < -0.39 is 27.5 Å². The number of hydrogen-bond acceptors (Lipinski definition) is 4. The average Bonchev–Trinajstić information content (AvgIpc) is 2.24. The Morgan fingerprint density at radius 3 is 2.47 bits per heavy atom. The first kappa shape index (κ1) is 13.5. The first-order valence-electron chi connectivity index (χ1n) is 4.88. The van der Waals surface area contributed by atoms with Crippen molar-refractivity contribution in [3.8, 4) is 5.75 Å². The van der Waals surface area contributed by atoms with Gasteiger partial charge < -0.3 is 9.84 Å². The Morgan fingerprint density at radius 1 is 1.41 bits per heavy atom. The summed E-state index contributed by atoms with van der Waals surface area (Å²) in [6.07, 6.45) is 1.01. The summed E-state index contributed by atoms with van der Waals surface area (Å²) < 4.78 is 27.5. The molecule has 0 aromatic heterocycles. The van der Waals surface area contributed by atoms with Crippen molar-refractivity contribution in [1.82, 2.24) is 0 Å². The molecule has 1 unspecified atom stereocenters. The van der Waals surface area contributed by atoms with Crippen LogP contribution in [0, 0.1) is 0 Å². The highest BCUT2D eigenvalue weighted by atomic mass is 32.2. The molecule has 1 N–H and O–H groups in total. The average molecular weight is 258 g/mol. The highest BCUT2D eigenvalue weighted by molar-refractivity contribution is 7.90. The number of carboxylic acid groups (broad SMARTS) is 1. The lowest BCUT2D eigenvalue weighted by Gasteiger charge is -2.14. The molecule has 0 bridgehead atoms. The molecule has 0 fully saturated rings. The van der Waals surface area contributed by atoms with Crippen LogP contribution in [0.25, 0.3) is 0 Å². The number of hydrogen-bond donors (Lipinski definition) is 1. The van der Waals surface area contributed by atoms with E-state index in [1.54, 1.807) is 24.3 Å². The second-order valence-corrected chi connectivity index (χ2v) is 5.91. The molecule has 1 aromatic rings. The second kappa shape index (κ2) is 5.18. The van der Waals surface area contributed by atoms with Crippen LogP contribution in [0.5, 0.6) is 5.75 Å². The molecule has 5 nitrogen and oxygen atoms in total. The third-order valence-corrected chi connectivity index (χ3v) is 3.22. The largest absolute Gasteiger partial charge is 0.496 e. The zero-order valence-electron chi connectivity index (χ0n) is 9.58. The van der Waals surface area contributed by atoms with E-state index in [1.807, 2.05) is 0 Å². The number of methoxy groups -OCH3 is 1. The number of rotatable bonds is 5. The third-order valence-electron chi connectivity index (χ3n) is 2.28. The molecule has 94 valence electrons. The minimum atomic E-state index is -3.38. The lowest BCUT2D eigenvalue weighted by atomic mass is 10.0. The Morgan fingerprint density at radius 2 is 2.00 bits per heavy atom. The van der Waals surface area contributed by atoms with Crippen molar-refractivity contribution in [3.05, 3.63) is 29.8 Å². The van der Waals surface area contributed by atoms with Gasteiger partial charge in [-0.2, -0.15) is 0 Å². The monoisotopic (exact) mass is 258 g/mol. The van der Waals surface area contributed by atoms with E-state index in [1.165, 1.54) is 7.11 Å². The Balaban J connectivity index is 3.19. The summed E-state index contributed by atoms with van der Waals surface area (Å²) >= 11 is 0. The molecule has 0 spiro atoms. The molecule has 0 aliphatic rings. The van der Waals surface area contributed by atoms with Gasteiger partial charge in [0.25, 0.3) is 0 Å². The highest BCUT2D eigenvalue weighted by Crippen LogP contribution is 2.27. The molecule has 0 aliphatic carbocycles. The maximum atomic E-state index is 11.2. The summed E-state index contributed by atoms with van der Waals surface area (Å²) in [6.45, 7) is 0. The molecule has 0 saturated carbocycles. The van der Waals surface area contributed by atoms with Crippen LogP contribution in [-0.2, 0) is 14.6 Å². The predicted molar refractivity (Wildman–Crippen MR) is 63.1 cm³/mol. The Bertz CT molecular complexity index is 506. The molecule has 1 aromatic carbocycles. The highest BCUT2D eigenvalue weighted by Gasteiger charge is 2.27. The fourth-order valence-electron chi connectivity index (χ4n) is 1.55. The van der Waals surface area contributed by atoms with Gasteiger partial charge in [0.1, 0.15) is 15.6 Å². The maximum Gasteiger partial charge on any atom is 0.312 e. The topological polar surface area (TPSA) is 80.7 Å². The fraction of sp³-hybridized carbons (Fsp3) is 0.364. The predicted octanol–water partition coefficient (Wildman–Crippen LogP) is 0.908. The van der Waals surface area contributed by atoms with Gasteiger partial charge in [-0.05, 0) is 6.07 Å². The van der Waals surface area contributed by atoms with Crippen LogP contribution in [0.1, 0.15) is 11.5 Å². The zero-order valence-corrected chi connectivity index (χ0v) is 10.4. The fourth-order valence-corrected chi connectivity index (χ4v) is 2.48. The van der Waals surface area contributed by atoms with Gasteiger partial charge >= 0.3 is 5.97 Å². The van der Waals surface area contributed by atoms with Gasteiger partial charge in [-0.25, -0.2) is 8.42 Å². The van der Waals surface area contributed by atoms with Crippen molar-refractivity contribution in [2.45, 2.75) is 5.92 Å². The molecule has 0 heterocycles. The number of benzene rings is 1. The minimum absolute atomic E-state index is 0.368. The van der Waals surface area contributed by atoms with Crippen LogP contribution in [0.2, 0.25) is 0 Å². The van der Waals surface area contributed by atoms with Crippen molar-refractivity contribution in [1.29, 1.82) is 0 Å². The van der Waals surface area contributed by atoms with E-state index in [-0.39, 0.29) is 0 Å². The van der Waals surface area contributed by atoms with Crippen LogP contribution in [0.15, 0.2) is 24.3 Å². The molecule has 1 rings (SSSR count). The standard InChI is InChI=1S/C11H14O5S/c1-16-10-6-4-3-5-8(10)9(11(12)13)7-17(2,14)15/h3-6,9H,7H2,1-2H3,(H,12,13). The lowest BCUT2D eigenvalue weighted by Crippen LogP contribution is -2.21. The van der Waals surface area contributed by atoms with E-state index >= 15 is 0 Å². The number of carbonyl (C=O) groups is 1. The van der Waals surface area contributed by atoms with E-state index in [0.717, 1.165) is 6.26 Å². The maximum absolute atomic E-state index is 11.2. The molecule has 1 atom stereocenters. The first-order chi connectivity index (χ1) is 7.85. The summed E-state index contributed by atoms with van der Waals surface area (Å²) in [6, 6.07) is 6.51. The van der Waals surface area contributed by atoms with Crippen LogP contribution in [-0.4, -0.2) is 38.6 Å². The third kappa shape index (κ3) is 3.74. The van der Waals surface area contributed by atoms with Crippen LogP contribution in [0.3, 0.4) is 0 Å². The molecular weight excluding hydrogens is 244 g/mol. The van der Waals surface area contributed by atoms with Gasteiger partial charge in [-0.15, -0.1) is 0 Å². The molecule has 6 heteroatoms. The number of aliphatic carboxylic acids is 1. The van der Waals surface area contributed by atoms with Crippen molar-refractivity contribution in [2.24, 2.45) is 0 Å². The SMILES string of the molecule is COc1ccccc1C(CS(C)(=O)=O)C(=O)O. The van der Waals surface area contributed by atoms with Crippen molar-refractivity contribution < 1.29 is 23.1 Å². The lowest BCUT2D eigenvalue weighted by molar-refractivity contribution is -0.138.